The van der Waals surface area contributed by atoms with Gasteiger partial charge in [-0.3, -0.25) is 0 Å². The van der Waals surface area contributed by atoms with Gasteiger partial charge in [-0.15, -0.1) is 11.3 Å². The molecule has 0 bridgehead atoms. The number of thiophene rings is 1. The molecule has 0 radical (unpaired) electrons. The first-order valence-electron chi connectivity index (χ1n) is 6.55. The van der Waals surface area contributed by atoms with Crippen LogP contribution in [0.5, 0.6) is 0 Å². The number of pyridine rings is 1. The molecule has 0 amide bonds. The van der Waals surface area contributed by atoms with E-state index in [9.17, 15) is 5.11 Å². The predicted molar refractivity (Wildman–Crippen MR) is 88.4 cm³/mol. The first-order chi connectivity index (χ1) is 9.49. The number of aliphatic hydroxyl groups is 1. The van der Waals surface area contributed by atoms with Crippen LogP contribution in [0.15, 0.2) is 27.4 Å². The van der Waals surface area contributed by atoms with E-state index in [4.69, 9.17) is 4.98 Å². The van der Waals surface area contributed by atoms with Gasteiger partial charge in [-0.1, -0.05) is 13.8 Å². The minimum Gasteiger partial charge on any atom is -0.392 e. The standard InChI is InChI=1S/C15H19BrN2OS/c1-10(2)13-4-11(8-19)6-15(17-13)18(3)7-12-5-14(16)20-9-12/h4-6,9-10,19H,7-8H2,1-3H3. The maximum absolute atomic E-state index is 9.39. The van der Waals surface area contributed by atoms with Crippen LogP contribution in [-0.2, 0) is 13.2 Å². The van der Waals surface area contributed by atoms with Crippen LogP contribution in [-0.4, -0.2) is 17.1 Å². The molecule has 2 heterocycles. The van der Waals surface area contributed by atoms with Crippen LogP contribution in [0.4, 0.5) is 5.82 Å². The summed E-state index contributed by atoms with van der Waals surface area (Å²) in [4.78, 5) is 6.80. The summed E-state index contributed by atoms with van der Waals surface area (Å²) in [6, 6.07) is 6.05. The van der Waals surface area contributed by atoms with E-state index >= 15 is 0 Å². The van der Waals surface area contributed by atoms with Crippen LogP contribution in [0.25, 0.3) is 0 Å². The summed E-state index contributed by atoms with van der Waals surface area (Å²) in [6.07, 6.45) is 0. The summed E-state index contributed by atoms with van der Waals surface area (Å²) >= 11 is 5.17. The highest BCUT2D eigenvalue weighted by Crippen LogP contribution is 2.24. The Morgan fingerprint density at radius 3 is 2.60 bits per heavy atom. The second kappa shape index (κ2) is 6.70. The molecule has 0 aliphatic carbocycles. The molecule has 20 heavy (non-hydrogen) atoms. The van der Waals surface area contributed by atoms with Gasteiger partial charge in [-0.2, -0.15) is 0 Å². The molecular formula is C15H19BrN2OS. The Hall–Kier alpha value is -0.910. The topological polar surface area (TPSA) is 36.4 Å². The SMILES string of the molecule is CC(C)c1cc(CO)cc(N(C)Cc2csc(Br)c2)n1. The smallest absolute Gasteiger partial charge is 0.129 e. The summed E-state index contributed by atoms with van der Waals surface area (Å²) < 4.78 is 1.14. The fourth-order valence-corrected chi connectivity index (χ4v) is 3.16. The molecule has 0 aliphatic heterocycles. The Bertz CT molecular complexity index is 583. The lowest BCUT2D eigenvalue weighted by Crippen LogP contribution is -2.18. The third-order valence-corrected chi connectivity index (χ3v) is 4.65. The summed E-state index contributed by atoms with van der Waals surface area (Å²) in [7, 11) is 2.03. The molecule has 2 aromatic rings. The van der Waals surface area contributed by atoms with Crippen molar-refractivity contribution in [2.75, 3.05) is 11.9 Å². The fourth-order valence-electron chi connectivity index (χ4n) is 1.96. The fraction of sp³-hybridized carbons (Fsp3) is 0.400. The zero-order valence-electron chi connectivity index (χ0n) is 11.9. The molecule has 0 atom stereocenters. The van der Waals surface area contributed by atoms with Gasteiger partial charge in [0.2, 0.25) is 0 Å². The molecule has 0 saturated heterocycles. The van der Waals surface area contributed by atoms with Crippen LogP contribution in [0.2, 0.25) is 0 Å². The number of hydrogen-bond acceptors (Lipinski definition) is 4. The van der Waals surface area contributed by atoms with E-state index in [1.165, 1.54) is 5.56 Å². The van der Waals surface area contributed by atoms with Crippen molar-refractivity contribution in [1.82, 2.24) is 4.98 Å². The molecule has 5 heteroatoms. The van der Waals surface area contributed by atoms with Gasteiger partial charge in [0.05, 0.1) is 10.4 Å². The van der Waals surface area contributed by atoms with Crippen molar-refractivity contribution in [1.29, 1.82) is 0 Å². The average Bonchev–Trinajstić information content (AvgIpc) is 2.83. The number of halogens is 1. The molecule has 0 aromatic carbocycles. The van der Waals surface area contributed by atoms with Crippen molar-refractivity contribution in [2.45, 2.75) is 32.9 Å². The van der Waals surface area contributed by atoms with E-state index in [0.717, 1.165) is 27.4 Å². The highest BCUT2D eigenvalue weighted by Gasteiger charge is 2.10. The number of anilines is 1. The molecule has 2 aromatic heterocycles. The van der Waals surface area contributed by atoms with Crippen molar-refractivity contribution in [2.24, 2.45) is 0 Å². The Morgan fingerprint density at radius 2 is 2.05 bits per heavy atom. The van der Waals surface area contributed by atoms with E-state index in [2.05, 4.69) is 46.1 Å². The number of aromatic nitrogens is 1. The maximum atomic E-state index is 9.39. The molecule has 1 N–H and O–H groups in total. The van der Waals surface area contributed by atoms with E-state index in [1.807, 2.05) is 19.2 Å². The van der Waals surface area contributed by atoms with E-state index in [-0.39, 0.29) is 6.61 Å². The van der Waals surface area contributed by atoms with Crippen LogP contribution < -0.4 is 4.90 Å². The third-order valence-electron chi connectivity index (χ3n) is 3.10. The first kappa shape index (κ1) is 15.5. The lowest BCUT2D eigenvalue weighted by Gasteiger charge is -2.20. The number of nitrogens with zero attached hydrogens (tertiary/aromatic N) is 2. The summed E-state index contributed by atoms with van der Waals surface area (Å²) in [6.45, 7) is 5.08. The second-order valence-electron chi connectivity index (χ2n) is 5.19. The molecule has 108 valence electrons. The third kappa shape index (κ3) is 3.81. The minimum atomic E-state index is 0.0487. The van der Waals surface area contributed by atoms with E-state index in [1.54, 1.807) is 11.3 Å². The Labute approximate surface area is 132 Å². The lowest BCUT2D eigenvalue weighted by molar-refractivity contribution is 0.281. The largest absolute Gasteiger partial charge is 0.392 e. The highest BCUT2D eigenvalue weighted by molar-refractivity contribution is 9.11. The molecular weight excluding hydrogens is 336 g/mol. The van der Waals surface area contributed by atoms with Crippen molar-refractivity contribution in [3.05, 3.63) is 44.2 Å². The first-order valence-corrected chi connectivity index (χ1v) is 8.22. The lowest BCUT2D eigenvalue weighted by atomic mass is 10.1. The van der Waals surface area contributed by atoms with Crippen LogP contribution in [0.1, 0.15) is 36.6 Å². The Morgan fingerprint density at radius 1 is 1.30 bits per heavy atom. The van der Waals surface area contributed by atoms with Gasteiger partial charge >= 0.3 is 0 Å². The summed E-state index contributed by atoms with van der Waals surface area (Å²) in [5.41, 5.74) is 3.19. The molecule has 3 nitrogen and oxygen atoms in total. The second-order valence-corrected chi connectivity index (χ2v) is 7.48. The monoisotopic (exact) mass is 354 g/mol. The van der Waals surface area contributed by atoms with Crippen LogP contribution in [0, 0.1) is 0 Å². The minimum absolute atomic E-state index is 0.0487. The quantitative estimate of drug-likeness (QED) is 0.875. The average molecular weight is 355 g/mol. The van der Waals surface area contributed by atoms with E-state index < -0.39 is 0 Å². The highest BCUT2D eigenvalue weighted by atomic mass is 79.9. The summed E-state index contributed by atoms with van der Waals surface area (Å²) in [5, 5.41) is 11.5. The van der Waals surface area contributed by atoms with Crippen molar-refractivity contribution in [3.8, 4) is 0 Å². The maximum Gasteiger partial charge on any atom is 0.129 e. The Balaban J connectivity index is 2.24. The number of aliphatic hydroxyl groups excluding tert-OH is 1. The number of rotatable bonds is 5. The molecule has 0 fully saturated rings. The van der Waals surface area contributed by atoms with Gasteiger partial charge in [0, 0.05) is 19.3 Å². The van der Waals surface area contributed by atoms with Crippen molar-refractivity contribution >= 4 is 33.1 Å². The molecule has 0 saturated carbocycles. The van der Waals surface area contributed by atoms with Crippen molar-refractivity contribution in [3.63, 3.8) is 0 Å². The van der Waals surface area contributed by atoms with Gasteiger partial charge < -0.3 is 10.0 Å². The number of hydrogen-bond donors (Lipinski definition) is 1. The van der Waals surface area contributed by atoms with Gasteiger partial charge in [-0.25, -0.2) is 4.98 Å². The van der Waals surface area contributed by atoms with Crippen LogP contribution >= 0.6 is 27.3 Å². The van der Waals surface area contributed by atoms with Gasteiger partial charge in [-0.05, 0) is 56.6 Å². The zero-order valence-corrected chi connectivity index (χ0v) is 14.3. The normalized spacial score (nSPS) is 11.1. The summed E-state index contributed by atoms with van der Waals surface area (Å²) in [5.74, 6) is 1.26. The zero-order chi connectivity index (χ0) is 14.7. The van der Waals surface area contributed by atoms with Gasteiger partial charge in [0.25, 0.3) is 0 Å². The van der Waals surface area contributed by atoms with Crippen LogP contribution in [0.3, 0.4) is 0 Å². The molecule has 0 unspecified atom stereocenters. The predicted octanol–water partition coefficient (Wildman–Crippen LogP) is 4.16. The van der Waals surface area contributed by atoms with Gasteiger partial charge in [0.1, 0.15) is 5.82 Å². The molecule has 0 aliphatic rings. The molecule has 2 rings (SSSR count). The van der Waals surface area contributed by atoms with E-state index in [0.29, 0.717) is 5.92 Å². The Kier molecular flexibility index (Phi) is 5.18. The van der Waals surface area contributed by atoms with Gasteiger partial charge in [0.15, 0.2) is 0 Å². The van der Waals surface area contributed by atoms with Crippen molar-refractivity contribution < 1.29 is 5.11 Å². The molecule has 0 spiro atoms.